The summed E-state index contributed by atoms with van der Waals surface area (Å²) in [6.45, 7) is 4.48. The van der Waals surface area contributed by atoms with Gasteiger partial charge in [0.15, 0.2) is 0 Å². The lowest BCUT2D eigenvalue weighted by Gasteiger charge is -2.36. The molecule has 2 saturated carbocycles. The van der Waals surface area contributed by atoms with Crippen LogP contribution in [0.25, 0.3) is 0 Å². The molecule has 3 rings (SSSR count). The van der Waals surface area contributed by atoms with E-state index in [1.54, 1.807) is 5.32 Å². The lowest BCUT2D eigenvalue weighted by molar-refractivity contribution is -0.176. The van der Waals surface area contributed by atoms with Crippen molar-refractivity contribution < 1.29 is 35.4 Å². The van der Waals surface area contributed by atoms with Crippen LogP contribution in [0, 0.1) is 29.1 Å². The lowest BCUT2D eigenvalue weighted by atomic mass is 9.78. The number of halogens is 3. The molecule has 2 amide bonds. The molecule has 0 aromatic heterocycles. The van der Waals surface area contributed by atoms with Gasteiger partial charge in [0.2, 0.25) is 5.91 Å². The summed E-state index contributed by atoms with van der Waals surface area (Å²) in [4.78, 5) is 37.7. The zero-order valence-corrected chi connectivity index (χ0v) is 15.3. The van der Waals surface area contributed by atoms with Gasteiger partial charge in [-0.1, -0.05) is 20.8 Å². The van der Waals surface area contributed by atoms with Gasteiger partial charge in [-0.3, -0.25) is 9.59 Å². The highest BCUT2D eigenvalue weighted by molar-refractivity contribution is 5.93. The molecular weight excluding hydrogens is 365 g/mol. The zero-order valence-electron chi connectivity index (χ0n) is 17.3. The molecule has 3 fully saturated rings. The molecule has 1 saturated heterocycles. The molecule has 1 aliphatic heterocycles. The fourth-order valence-corrected chi connectivity index (χ4v) is 4.79. The average molecular weight is 392 g/mol. The van der Waals surface area contributed by atoms with Crippen molar-refractivity contribution in [1.82, 2.24) is 10.2 Å². The molecule has 2 aliphatic carbocycles. The number of hydrogen-bond donors (Lipinski definition) is 2. The van der Waals surface area contributed by atoms with Gasteiger partial charge < -0.3 is 15.3 Å². The van der Waals surface area contributed by atoms with Crippen molar-refractivity contribution in [3.8, 4) is 0 Å². The number of carboxylic acids is 1. The largest absolute Gasteiger partial charge is 0.480 e. The smallest absolute Gasteiger partial charge is 0.471 e. The third-order valence-electron chi connectivity index (χ3n) is 5.98. The van der Waals surface area contributed by atoms with Gasteiger partial charge >= 0.3 is 18.1 Å². The van der Waals surface area contributed by atoms with Crippen LogP contribution >= 0.6 is 0 Å². The Labute approximate surface area is 158 Å². The van der Waals surface area contributed by atoms with Crippen LogP contribution in [0.2, 0.25) is 0 Å². The Morgan fingerprint density at radius 3 is 2.30 bits per heavy atom. The van der Waals surface area contributed by atoms with E-state index >= 15 is 0 Å². The number of rotatable bonds is 3. The van der Waals surface area contributed by atoms with E-state index in [0.29, 0.717) is 6.42 Å². The van der Waals surface area contributed by atoms with Crippen molar-refractivity contribution >= 4 is 17.8 Å². The topological polar surface area (TPSA) is 86.7 Å². The van der Waals surface area contributed by atoms with E-state index in [2.05, 4.69) is 0 Å². The van der Waals surface area contributed by atoms with Gasteiger partial charge in [-0.2, -0.15) is 13.2 Å². The summed E-state index contributed by atoms with van der Waals surface area (Å²) in [5.74, 6) is -5.71. The Morgan fingerprint density at radius 1 is 1.19 bits per heavy atom. The first kappa shape index (κ1) is 17.3. The highest BCUT2D eigenvalue weighted by Crippen LogP contribution is 2.57. The lowest BCUT2D eigenvalue weighted by Crippen LogP contribution is -2.59. The van der Waals surface area contributed by atoms with Crippen LogP contribution in [0.1, 0.15) is 42.7 Å². The molecular formula is C18H25F3N2O4. The van der Waals surface area contributed by atoms with Crippen molar-refractivity contribution in [3.63, 3.8) is 0 Å². The van der Waals surface area contributed by atoms with Crippen molar-refractivity contribution in [2.24, 2.45) is 29.1 Å². The van der Waals surface area contributed by atoms with Gasteiger partial charge in [0.1, 0.15) is 12.1 Å². The van der Waals surface area contributed by atoms with Crippen LogP contribution < -0.4 is 5.32 Å². The molecule has 0 spiro atoms. The summed E-state index contributed by atoms with van der Waals surface area (Å²) >= 11 is 0. The van der Waals surface area contributed by atoms with Crippen LogP contribution in [0.5, 0.6) is 0 Å². The number of nitrogens with one attached hydrogen (secondary N) is 1. The Bertz CT molecular complexity index is 727. The molecule has 152 valence electrons. The maximum Gasteiger partial charge on any atom is 0.471 e. The van der Waals surface area contributed by atoms with E-state index in [0.717, 1.165) is 4.90 Å². The number of likely N-dealkylation sites (tertiary alicyclic amines) is 1. The number of alkyl halides is 3. The van der Waals surface area contributed by atoms with Crippen LogP contribution in [0.15, 0.2) is 0 Å². The number of carbonyl (C=O) groups excluding carboxylic acids is 2. The fraction of sp³-hybridized carbons (Fsp3) is 0.833. The SMILES string of the molecule is [2H][C@H]1[C@H]([2H])[C@@H]2C[C@H]1[C@H]1[C@@H]2CN(C(=O)[C@@H](NC(=O)C(F)(F)F)C(C)(C)C)[C@@H]1C(=O)O. The highest BCUT2D eigenvalue weighted by atomic mass is 19.4. The first-order valence-electron chi connectivity index (χ1n) is 10.1. The quantitative estimate of drug-likeness (QED) is 0.770. The number of nitrogens with zero attached hydrogens (tertiary/aromatic N) is 1. The summed E-state index contributed by atoms with van der Waals surface area (Å²) in [7, 11) is 0. The van der Waals surface area contributed by atoms with E-state index in [-0.39, 0.29) is 24.3 Å². The normalized spacial score (nSPS) is 40.2. The molecule has 9 heteroatoms. The van der Waals surface area contributed by atoms with Gasteiger partial charge in [0.05, 0.1) is 0 Å². The van der Waals surface area contributed by atoms with E-state index < -0.39 is 60.2 Å². The third-order valence-corrected chi connectivity index (χ3v) is 5.98. The third kappa shape index (κ3) is 3.40. The van der Waals surface area contributed by atoms with Crippen molar-refractivity contribution in [2.75, 3.05) is 6.54 Å². The Kier molecular flexibility index (Phi) is 4.09. The molecule has 8 atom stereocenters. The number of carboxylic acid groups (broad SMARTS) is 1. The van der Waals surface area contributed by atoms with Gasteiger partial charge in [0, 0.05) is 9.29 Å². The molecule has 2 bridgehead atoms. The van der Waals surface area contributed by atoms with Gasteiger partial charge in [0.25, 0.3) is 0 Å². The summed E-state index contributed by atoms with van der Waals surface area (Å²) in [5, 5.41) is 11.5. The predicted octanol–water partition coefficient (Wildman–Crippen LogP) is 2.04. The Balaban J connectivity index is 1.90. The average Bonchev–Trinajstić information content (AvgIpc) is 3.19. The molecule has 3 aliphatic rings. The van der Waals surface area contributed by atoms with E-state index in [1.165, 1.54) is 20.8 Å². The number of fused-ring (bicyclic) bond motifs is 5. The maximum atomic E-state index is 13.2. The second kappa shape index (κ2) is 6.38. The molecule has 0 aromatic carbocycles. The summed E-state index contributed by atoms with van der Waals surface area (Å²) in [6.07, 6.45) is -6.00. The van der Waals surface area contributed by atoms with E-state index in [4.69, 9.17) is 2.74 Å². The molecule has 27 heavy (non-hydrogen) atoms. The molecule has 1 heterocycles. The summed E-state index contributed by atoms with van der Waals surface area (Å²) in [6, 6.07) is -2.83. The standard InChI is InChI=1S/C18H25F3N2O4/c1-17(2,3)13(22-16(27)18(19,20)21)14(24)23-7-10-8-4-5-9(6-8)11(10)12(23)15(25)26/h8-13H,4-7H2,1-3H3,(H,22,27)(H,25,26)/t8-,9+,10-,11+,12+,13-/m1/s1/i4D,5D/t4-,5-,8+,9-,10+,11-,12-,13+/m0. The zero-order chi connectivity index (χ0) is 22.0. The molecule has 0 radical (unpaired) electrons. The van der Waals surface area contributed by atoms with Crippen molar-refractivity contribution in [1.29, 1.82) is 0 Å². The minimum Gasteiger partial charge on any atom is -0.480 e. The predicted molar refractivity (Wildman–Crippen MR) is 88.4 cm³/mol. The first-order chi connectivity index (χ1) is 13.2. The summed E-state index contributed by atoms with van der Waals surface area (Å²) < 4.78 is 54.6. The minimum atomic E-state index is -5.17. The van der Waals surface area contributed by atoms with E-state index in [9.17, 15) is 32.7 Å². The van der Waals surface area contributed by atoms with Crippen LogP contribution in [-0.4, -0.2) is 52.6 Å². The number of amides is 2. The first-order valence-corrected chi connectivity index (χ1v) is 8.91. The number of aliphatic carboxylic acids is 1. The van der Waals surface area contributed by atoms with Crippen molar-refractivity contribution in [3.05, 3.63) is 0 Å². The molecule has 6 nitrogen and oxygen atoms in total. The second-order valence-electron chi connectivity index (χ2n) is 8.73. The van der Waals surface area contributed by atoms with Crippen LogP contribution in [0.3, 0.4) is 0 Å². The maximum absolute atomic E-state index is 13.2. The minimum absolute atomic E-state index is 0.0121. The monoisotopic (exact) mass is 392 g/mol. The number of hydrogen-bond acceptors (Lipinski definition) is 3. The fourth-order valence-electron chi connectivity index (χ4n) is 4.79. The van der Waals surface area contributed by atoms with Gasteiger partial charge in [-0.15, -0.1) is 0 Å². The van der Waals surface area contributed by atoms with Crippen LogP contribution in [-0.2, 0) is 14.4 Å². The van der Waals surface area contributed by atoms with Gasteiger partial charge in [-0.05, 0) is 48.3 Å². The number of carbonyl (C=O) groups is 3. The Morgan fingerprint density at radius 2 is 1.78 bits per heavy atom. The van der Waals surface area contributed by atoms with E-state index in [1.807, 2.05) is 0 Å². The van der Waals surface area contributed by atoms with Crippen molar-refractivity contribution in [2.45, 2.75) is 58.2 Å². The highest BCUT2D eigenvalue weighted by Gasteiger charge is 2.60. The molecule has 0 aromatic rings. The Hall–Kier alpha value is -1.80. The van der Waals surface area contributed by atoms with Crippen LogP contribution in [0.4, 0.5) is 13.2 Å². The second-order valence-corrected chi connectivity index (χ2v) is 8.73. The molecule has 2 N–H and O–H groups in total. The summed E-state index contributed by atoms with van der Waals surface area (Å²) in [5.41, 5.74) is -1.09. The molecule has 0 unspecified atom stereocenters. The van der Waals surface area contributed by atoms with Gasteiger partial charge in [-0.25, -0.2) is 4.79 Å².